The molecule has 5 rings (SSSR count). The van der Waals surface area contributed by atoms with Crippen LogP contribution in [-0.4, -0.2) is 32.2 Å². The predicted octanol–water partition coefficient (Wildman–Crippen LogP) is 3.60. The molecule has 0 aromatic carbocycles. The molecular formula is C21H28N4O2. The molecule has 144 valence electrons. The fourth-order valence-electron chi connectivity index (χ4n) is 4.86. The average molecular weight is 368 g/mol. The standard InChI is InChI=1S/C21H28N4O2/c1-13-17(14(2)25-20(24-13)22-12-23-25)7-8-19(26)27-10-9-15-5-6-16-11-18(15)21(16,3)4/h5,12,16,18H,6-11H2,1-4H3/t16-,18-/m0/s1. The fourth-order valence-corrected chi connectivity index (χ4v) is 4.86. The molecule has 0 N–H and O–H groups in total. The van der Waals surface area contributed by atoms with Crippen molar-refractivity contribution in [2.24, 2.45) is 17.3 Å². The normalized spacial score (nSPS) is 23.0. The molecule has 6 nitrogen and oxygen atoms in total. The van der Waals surface area contributed by atoms with Crippen molar-refractivity contribution in [1.82, 2.24) is 19.6 Å². The van der Waals surface area contributed by atoms with E-state index < -0.39 is 0 Å². The van der Waals surface area contributed by atoms with Gasteiger partial charge in [0.1, 0.15) is 6.33 Å². The number of aryl methyl sites for hydroxylation is 2. The van der Waals surface area contributed by atoms with Gasteiger partial charge in [-0.3, -0.25) is 4.79 Å². The molecule has 0 radical (unpaired) electrons. The van der Waals surface area contributed by atoms with Crippen molar-refractivity contribution in [1.29, 1.82) is 0 Å². The summed E-state index contributed by atoms with van der Waals surface area (Å²) in [5.41, 5.74) is 4.84. The topological polar surface area (TPSA) is 69.4 Å². The van der Waals surface area contributed by atoms with Gasteiger partial charge in [-0.15, -0.1) is 0 Å². The molecule has 27 heavy (non-hydrogen) atoms. The summed E-state index contributed by atoms with van der Waals surface area (Å²) in [4.78, 5) is 20.8. The number of nitrogens with zero attached hydrogens (tertiary/aromatic N) is 4. The first-order valence-electron chi connectivity index (χ1n) is 9.88. The lowest BCUT2D eigenvalue weighted by atomic mass is 9.48. The number of hydrogen-bond donors (Lipinski definition) is 0. The van der Waals surface area contributed by atoms with Gasteiger partial charge in [-0.05, 0) is 55.9 Å². The Morgan fingerprint density at radius 1 is 1.33 bits per heavy atom. The highest BCUT2D eigenvalue weighted by atomic mass is 16.5. The number of fused-ring (bicyclic) bond motifs is 2. The van der Waals surface area contributed by atoms with Crippen LogP contribution in [0.25, 0.3) is 5.78 Å². The summed E-state index contributed by atoms with van der Waals surface area (Å²) in [5, 5.41) is 4.19. The number of carbonyl (C=O) groups excluding carboxylic acids is 1. The monoisotopic (exact) mass is 368 g/mol. The van der Waals surface area contributed by atoms with Crippen LogP contribution in [0.4, 0.5) is 0 Å². The van der Waals surface area contributed by atoms with Crippen molar-refractivity contribution < 1.29 is 9.53 Å². The zero-order valence-electron chi connectivity index (χ0n) is 16.7. The van der Waals surface area contributed by atoms with Crippen molar-refractivity contribution >= 4 is 11.7 Å². The molecule has 2 atom stereocenters. The van der Waals surface area contributed by atoms with Crippen molar-refractivity contribution in [2.45, 2.75) is 59.8 Å². The fraction of sp³-hybridized carbons (Fsp3) is 0.619. The summed E-state index contributed by atoms with van der Waals surface area (Å²) in [7, 11) is 0. The smallest absolute Gasteiger partial charge is 0.306 e. The molecule has 6 heteroatoms. The van der Waals surface area contributed by atoms with Crippen LogP contribution in [0.5, 0.6) is 0 Å². The van der Waals surface area contributed by atoms with Crippen LogP contribution in [0, 0.1) is 31.1 Å². The maximum absolute atomic E-state index is 12.2. The maximum Gasteiger partial charge on any atom is 0.306 e. The van der Waals surface area contributed by atoms with Crippen molar-refractivity contribution in [2.75, 3.05) is 6.61 Å². The first-order chi connectivity index (χ1) is 12.9. The zero-order chi connectivity index (χ0) is 19.2. The number of allylic oxidation sites excluding steroid dienone is 1. The van der Waals surface area contributed by atoms with Crippen LogP contribution in [0.1, 0.15) is 56.5 Å². The third-order valence-corrected chi connectivity index (χ3v) is 6.80. The molecule has 0 spiro atoms. The summed E-state index contributed by atoms with van der Waals surface area (Å²) in [6.07, 6.45) is 8.21. The Bertz CT molecular complexity index is 912. The van der Waals surface area contributed by atoms with Gasteiger partial charge in [-0.1, -0.05) is 25.5 Å². The van der Waals surface area contributed by atoms with Gasteiger partial charge in [0.15, 0.2) is 0 Å². The highest BCUT2D eigenvalue weighted by Gasteiger charge is 2.50. The van der Waals surface area contributed by atoms with Crippen LogP contribution in [0.2, 0.25) is 0 Å². The average Bonchev–Trinajstić information content (AvgIpc) is 3.10. The second kappa shape index (κ2) is 6.73. The van der Waals surface area contributed by atoms with Crippen LogP contribution in [-0.2, 0) is 16.0 Å². The molecule has 2 bridgehead atoms. The molecule has 3 aliphatic carbocycles. The molecular weight excluding hydrogens is 340 g/mol. The van der Waals surface area contributed by atoms with E-state index in [1.807, 2.05) is 13.8 Å². The lowest BCUT2D eigenvalue weighted by Crippen LogP contribution is -2.48. The Balaban J connectivity index is 1.29. The van der Waals surface area contributed by atoms with Crippen LogP contribution < -0.4 is 0 Å². The van der Waals surface area contributed by atoms with Crippen LogP contribution in [0.15, 0.2) is 18.0 Å². The van der Waals surface area contributed by atoms with Gasteiger partial charge in [-0.2, -0.15) is 10.1 Å². The molecule has 0 saturated heterocycles. The summed E-state index contributed by atoms with van der Waals surface area (Å²) < 4.78 is 7.24. The van der Waals surface area contributed by atoms with E-state index in [9.17, 15) is 4.79 Å². The number of rotatable bonds is 6. The van der Waals surface area contributed by atoms with E-state index in [1.54, 1.807) is 4.52 Å². The van der Waals surface area contributed by atoms with E-state index >= 15 is 0 Å². The SMILES string of the molecule is Cc1nc2ncnn2c(C)c1CCC(=O)OCCC1=CC[C@H]2C[C@@H]1C2(C)C. The Morgan fingerprint density at radius 2 is 2.15 bits per heavy atom. The van der Waals surface area contributed by atoms with Crippen molar-refractivity contribution in [3.05, 3.63) is 34.9 Å². The first kappa shape index (κ1) is 18.1. The van der Waals surface area contributed by atoms with Crippen LogP contribution in [0.3, 0.4) is 0 Å². The minimum atomic E-state index is -0.144. The maximum atomic E-state index is 12.2. The first-order valence-corrected chi connectivity index (χ1v) is 9.88. The molecule has 0 aliphatic heterocycles. The van der Waals surface area contributed by atoms with E-state index in [0.29, 0.717) is 36.6 Å². The van der Waals surface area contributed by atoms with Crippen LogP contribution >= 0.6 is 0 Å². The lowest BCUT2D eigenvalue weighted by molar-refractivity contribution is -0.143. The minimum absolute atomic E-state index is 0.144. The molecule has 2 aromatic rings. The van der Waals surface area contributed by atoms with E-state index in [4.69, 9.17) is 4.74 Å². The second-order valence-electron chi connectivity index (χ2n) is 8.52. The van der Waals surface area contributed by atoms with Crippen molar-refractivity contribution in [3.63, 3.8) is 0 Å². The summed E-state index contributed by atoms with van der Waals surface area (Å²) in [6, 6.07) is 0. The van der Waals surface area contributed by atoms with Gasteiger partial charge in [-0.25, -0.2) is 9.50 Å². The molecule has 2 aromatic heterocycles. The van der Waals surface area contributed by atoms with Gasteiger partial charge in [0, 0.05) is 24.2 Å². The van der Waals surface area contributed by atoms with Gasteiger partial charge in [0.2, 0.25) is 0 Å². The number of ether oxygens (including phenoxy) is 1. The van der Waals surface area contributed by atoms with Gasteiger partial charge in [0.05, 0.1) is 6.61 Å². The zero-order valence-corrected chi connectivity index (χ0v) is 16.7. The summed E-state index contributed by atoms with van der Waals surface area (Å²) in [5.74, 6) is 1.98. The molecule has 1 saturated carbocycles. The van der Waals surface area contributed by atoms with E-state index in [2.05, 4.69) is 35.0 Å². The lowest BCUT2D eigenvalue weighted by Gasteiger charge is -2.56. The second-order valence-corrected chi connectivity index (χ2v) is 8.52. The number of hydrogen-bond acceptors (Lipinski definition) is 5. The van der Waals surface area contributed by atoms with Gasteiger partial charge in [0.25, 0.3) is 5.78 Å². The molecule has 1 fully saturated rings. The Hall–Kier alpha value is -2.24. The quantitative estimate of drug-likeness (QED) is 0.575. The third-order valence-electron chi connectivity index (χ3n) is 6.80. The number of aromatic nitrogens is 4. The largest absolute Gasteiger partial charge is 0.465 e. The predicted molar refractivity (Wildman–Crippen MR) is 102 cm³/mol. The molecule has 2 heterocycles. The van der Waals surface area contributed by atoms with Crippen molar-refractivity contribution in [3.8, 4) is 0 Å². The Labute approximate surface area is 160 Å². The highest BCUT2D eigenvalue weighted by molar-refractivity contribution is 5.69. The minimum Gasteiger partial charge on any atom is -0.465 e. The summed E-state index contributed by atoms with van der Waals surface area (Å²) >= 11 is 0. The number of esters is 1. The Morgan fingerprint density at radius 3 is 2.89 bits per heavy atom. The number of carbonyl (C=O) groups is 1. The molecule has 0 amide bonds. The molecule has 3 aliphatic rings. The van der Waals surface area contributed by atoms with Gasteiger partial charge >= 0.3 is 5.97 Å². The highest BCUT2D eigenvalue weighted by Crippen LogP contribution is 2.59. The van der Waals surface area contributed by atoms with Gasteiger partial charge < -0.3 is 4.74 Å². The Kier molecular flexibility index (Phi) is 4.52. The summed E-state index contributed by atoms with van der Waals surface area (Å²) in [6.45, 7) is 9.16. The van der Waals surface area contributed by atoms with E-state index in [0.717, 1.165) is 29.3 Å². The molecule has 0 unspecified atom stereocenters. The third kappa shape index (κ3) is 3.15. The van der Waals surface area contributed by atoms with E-state index in [1.165, 1.54) is 24.7 Å². The van der Waals surface area contributed by atoms with E-state index in [-0.39, 0.29) is 5.97 Å².